The second kappa shape index (κ2) is 7.53. The van der Waals surface area contributed by atoms with Crippen LogP contribution < -0.4 is 0 Å². The predicted molar refractivity (Wildman–Crippen MR) is 80.3 cm³/mol. The highest BCUT2D eigenvalue weighted by atomic mass is 35.5. The molecule has 2 aromatic carbocycles. The van der Waals surface area contributed by atoms with Crippen molar-refractivity contribution in [1.82, 2.24) is 0 Å². The van der Waals surface area contributed by atoms with E-state index in [0.717, 1.165) is 11.1 Å². The van der Waals surface area contributed by atoms with Gasteiger partial charge < -0.3 is 10.2 Å². The molecule has 0 aliphatic heterocycles. The van der Waals surface area contributed by atoms with Crippen molar-refractivity contribution < 1.29 is 19.8 Å². The summed E-state index contributed by atoms with van der Waals surface area (Å²) in [6.07, 6.45) is 0. The van der Waals surface area contributed by atoms with Gasteiger partial charge in [-0.2, -0.15) is 0 Å². The Morgan fingerprint density at radius 3 is 1.05 bits per heavy atom. The van der Waals surface area contributed by atoms with Gasteiger partial charge in [0.25, 0.3) is 0 Å². The van der Waals surface area contributed by atoms with E-state index in [4.69, 9.17) is 10.2 Å². The molecule has 0 aliphatic carbocycles. The molecule has 0 radical (unpaired) electrons. The molecule has 2 N–H and O–H groups in total. The molecule has 0 saturated heterocycles. The van der Waals surface area contributed by atoms with Gasteiger partial charge in [0.05, 0.1) is 11.1 Å². The summed E-state index contributed by atoms with van der Waals surface area (Å²) in [5, 5.41) is 17.6. The van der Waals surface area contributed by atoms with Crippen molar-refractivity contribution in [3.63, 3.8) is 0 Å². The minimum atomic E-state index is -0.970. The molecule has 106 valence electrons. The van der Waals surface area contributed by atoms with E-state index in [1.807, 2.05) is 0 Å². The van der Waals surface area contributed by atoms with E-state index >= 15 is 0 Å². The van der Waals surface area contributed by atoms with Gasteiger partial charge in [0.15, 0.2) is 0 Å². The maximum absolute atomic E-state index is 10.7. The first-order valence-corrected chi connectivity index (χ1v) is 5.25. The Morgan fingerprint density at radius 2 is 0.850 bits per heavy atom. The Morgan fingerprint density at radius 1 is 0.600 bits per heavy atom. The van der Waals surface area contributed by atoms with E-state index < -0.39 is 11.9 Å². The van der Waals surface area contributed by atoms with Crippen LogP contribution in [0.2, 0.25) is 0 Å². The Bertz CT molecular complexity index is 536. The zero-order valence-electron chi connectivity index (χ0n) is 10.1. The highest BCUT2D eigenvalue weighted by Gasteiger charge is 2.05. The molecule has 0 heterocycles. The van der Waals surface area contributed by atoms with Crippen molar-refractivity contribution in [3.05, 3.63) is 59.7 Å². The molecule has 20 heavy (non-hydrogen) atoms. The van der Waals surface area contributed by atoms with Gasteiger partial charge in [0.2, 0.25) is 0 Å². The highest BCUT2D eigenvalue weighted by molar-refractivity contribution is 5.89. The smallest absolute Gasteiger partial charge is 0.335 e. The summed E-state index contributed by atoms with van der Waals surface area (Å²) in [6.45, 7) is 0. The van der Waals surface area contributed by atoms with Crippen molar-refractivity contribution in [3.8, 4) is 11.1 Å². The molecule has 0 amide bonds. The fourth-order valence-electron chi connectivity index (χ4n) is 1.61. The largest absolute Gasteiger partial charge is 0.478 e. The molecule has 0 aromatic heterocycles. The lowest BCUT2D eigenvalue weighted by atomic mass is 10.0. The van der Waals surface area contributed by atoms with Crippen molar-refractivity contribution >= 4 is 36.8 Å². The van der Waals surface area contributed by atoms with Crippen LogP contribution in [0.5, 0.6) is 0 Å². The Kier molecular flexibility index (Phi) is 6.76. The zero-order chi connectivity index (χ0) is 13.1. The van der Waals surface area contributed by atoms with Gasteiger partial charge in [-0.25, -0.2) is 9.59 Å². The number of rotatable bonds is 3. The van der Waals surface area contributed by atoms with Gasteiger partial charge in [-0.3, -0.25) is 0 Å². The lowest BCUT2D eigenvalue weighted by Crippen LogP contribution is -1.96. The SMILES string of the molecule is Cl.Cl.O=C(O)c1ccc(-c2ccc(C(=O)O)cc2)cc1. The molecule has 0 fully saturated rings. The number of halogens is 2. The summed E-state index contributed by atoms with van der Waals surface area (Å²) in [6, 6.07) is 12.8. The van der Waals surface area contributed by atoms with Crippen LogP contribution in [0, 0.1) is 0 Å². The van der Waals surface area contributed by atoms with Crippen LogP contribution in [-0.2, 0) is 0 Å². The maximum Gasteiger partial charge on any atom is 0.335 e. The molecule has 2 aromatic rings. The molecule has 0 bridgehead atoms. The summed E-state index contributed by atoms with van der Waals surface area (Å²) >= 11 is 0. The Labute approximate surface area is 127 Å². The fourth-order valence-corrected chi connectivity index (χ4v) is 1.61. The van der Waals surface area contributed by atoms with Crippen molar-refractivity contribution in [2.45, 2.75) is 0 Å². The molecule has 0 spiro atoms. The molecule has 0 atom stereocenters. The van der Waals surface area contributed by atoms with Gasteiger partial charge >= 0.3 is 11.9 Å². The number of hydrogen-bond acceptors (Lipinski definition) is 2. The minimum Gasteiger partial charge on any atom is -0.478 e. The zero-order valence-corrected chi connectivity index (χ0v) is 11.8. The normalized spacial score (nSPS) is 9.00. The second-order valence-electron chi connectivity index (χ2n) is 3.77. The molecular weight excluding hydrogens is 303 g/mol. The van der Waals surface area contributed by atoms with Crippen molar-refractivity contribution in [2.24, 2.45) is 0 Å². The Hall–Kier alpha value is -2.04. The molecule has 6 heteroatoms. The molecule has 0 aliphatic rings. The van der Waals surface area contributed by atoms with E-state index in [-0.39, 0.29) is 35.9 Å². The van der Waals surface area contributed by atoms with Gasteiger partial charge in [-0.05, 0) is 35.4 Å². The van der Waals surface area contributed by atoms with E-state index in [2.05, 4.69) is 0 Å². The Balaban J connectivity index is 0.00000180. The average molecular weight is 315 g/mol. The first kappa shape index (κ1) is 18.0. The second-order valence-corrected chi connectivity index (χ2v) is 3.77. The first-order valence-electron chi connectivity index (χ1n) is 5.25. The fraction of sp³-hybridized carbons (Fsp3) is 0. The first-order chi connectivity index (χ1) is 8.58. The van der Waals surface area contributed by atoms with Crippen LogP contribution in [0.3, 0.4) is 0 Å². The van der Waals surface area contributed by atoms with Gasteiger partial charge in [-0.1, -0.05) is 24.3 Å². The lowest BCUT2D eigenvalue weighted by Gasteiger charge is -2.03. The molecule has 4 nitrogen and oxygen atoms in total. The quantitative estimate of drug-likeness (QED) is 0.907. The van der Waals surface area contributed by atoms with Crippen LogP contribution in [0.15, 0.2) is 48.5 Å². The number of carbonyl (C=O) groups is 2. The van der Waals surface area contributed by atoms with E-state index in [1.54, 1.807) is 24.3 Å². The third kappa shape index (κ3) is 3.98. The maximum atomic E-state index is 10.7. The van der Waals surface area contributed by atoms with Crippen LogP contribution >= 0.6 is 24.8 Å². The summed E-state index contributed by atoms with van der Waals surface area (Å²) in [7, 11) is 0. The number of carboxylic acids is 2. The standard InChI is InChI=1S/C14H10O4.2ClH/c15-13(16)11-5-1-9(2-6-11)10-3-7-12(8-4-10)14(17)18;;/h1-8H,(H,15,16)(H,17,18);2*1H. The van der Waals surface area contributed by atoms with Crippen LogP contribution in [0.25, 0.3) is 11.1 Å². The van der Waals surface area contributed by atoms with Crippen molar-refractivity contribution in [1.29, 1.82) is 0 Å². The third-order valence-corrected chi connectivity index (χ3v) is 2.60. The molecular formula is C14H12Cl2O4. The minimum absolute atomic E-state index is 0. The molecule has 0 unspecified atom stereocenters. The number of aromatic carboxylic acids is 2. The monoisotopic (exact) mass is 314 g/mol. The summed E-state index contributed by atoms with van der Waals surface area (Å²) in [5.41, 5.74) is 2.13. The van der Waals surface area contributed by atoms with Crippen molar-refractivity contribution in [2.75, 3.05) is 0 Å². The number of benzene rings is 2. The average Bonchev–Trinajstić information content (AvgIpc) is 2.39. The number of hydrogen-bond donors (Lipinski definition) is 2. The predicted octanol–water partition coefficient (Wildman–Crippen LogP) is 3.59. The summed E-state index contributed by atoms with van der Waals surface area (Å²) in [4.78, 5) is 21.4. The number of carboxylic acid groups (broad SMARTS) is 2. The topological polar surface area (TPSA) is 74.6 Å². The summed E-state index contributed by atoms with van der Waals surface area (Å²) < 4.78 is 0. The van der Waals surface area contributed by atoms with Crippen LogP contribution in [0.4, 0.5) is 0 Å². The van der Waals surface area contributed by atoms with Gasteiger partial charge in [-0.15, -0.1) is 24.8 Å². The van der Waals surface area contributed by atoms with E-state index in [9.17, 15) is 9.59 Å². The van der Waals surface area contributed by atoms with Crippen LogP contribution in [-0.4, -0.2) is 22.2 Å². The molecule has 0 saturated carbocycles. The molecule has 2 rings (SSSR count). The van der Waals surface area contributed by atoms with E-state index in [0.29, 0.717) is 0 Å². The highest BCUT2D eigenvalue weighted by Crippen LogP contribution is 2.20. The van der Waals surface area contributed by atoms with Crippen LogP contribution in [0.1, 0.15) is 20.7 Å². The van der Waals surface area contributed by atoms with Gasteiger partial charge in [0.1, 0.15) is 0 Å². The summed E-state index contributed by atoms with van der Waals surface area (Å²) in [5.74, 6) is -1.94. The van der Waals surface area contributed by atoms with Gasteiger partial charge in [0, 0.05) is 0 Å². The van der Waals surface area contributed by atoms with E-state index in [1.165, 1.54) is 24.3 Å². The third-order valence-electron chi connectivity index (χ3n) is 2.60. The lowest BCUT2D eigenvalue weighted by molar-refractivity contribution is 0.0686.